The predicted molar refractivity (Wildman–Crippen MR) is 71.8 cm³/mol. The Labute approximate surface area is 108 Å². The summed E-state index contributed by atoms with van der Waals surface area (Å²) in [6, 6.07) is 0. The number of carbonyl (C=O) groups is 1. The fraction of sp³-hybridized carbons (Fsp3) is 0.833. The number of carbonyl (C=O) groups excluding carboxylic acids is 1. The Balaban J connectivity index is 2.12. The number of amides is 1. The van der Waals surface area contributed by atoms with Crippen LogP contribution in [0.2, 0.25) is 0 Å². The molecule has 1 unspecified atom stereocenters. The van der Waals surface area contributed by atoms with Crippen molar-refractivity contribution in [3.05, 3.63) is 0 Å². The SMILES string of the molecule is CCC(C(=O)NCCOC1CCCC1)C(N)=S. The molecule has 1 atom stereocenters. The minimum Gasteiger partial charge on any atom is -0.393 e. The summed E-state index contributed by atoms with van der Waals surface area (Å²) in [5, 5.41) is 2.81. The molecule has 0 aromatic heterocycles. The molecule has 0 aromatic rings. The number of thiocarbonyl (C=S) groups is 1. The molecule has 0 bridgehead atoms. The molecular weight excluding hydrogens is 236 g/mol. The van der Waals surface area contributed by atoms with Gasteiger partial charge in [-0.3, -0.25) is 4.79 Å². The Bertz CT molecular complexity index is 265. The molecular formula is C12H22N2O2S. The van der Waals surface area contributed by atoms with Gasteiger partial charge >= 0.3 is 0 Å². The van der Waals surface area contributed by atoms with E-state index in [1.54, 1.807) is 0 Å². The predicted octanol–water partition coefficient (Wildman–Crippen LogP) is 1.37. The fourth-order valence-corrected chi connectivity index (χ4v) is 2.37. The molecule has 0 spiro atoms. The van der Waals surface area contributed by atoms with Gasteiger partial charge in [0, 0.05) is 6.54 Å². The van der Waals surface area contributed by atoms with Gasteiger partial charge in [0.15, 0.2) is 0 Å². The number of rotatable bonds is 7. The molecule has 0 radical (unpaired) electrons. The third-order valence-electron chi connectivity index (χ3n) is 3.13. The molecule has 1 aliphatic carbocycles. The van der Waals surface area contributed by atoms with Crippen LogP contribution in [0.25, 0.3) is 0 Å². The third kappa shape index (κ3) is 5.00. The average Bonchev–Trinajstić information content (AvgIpc) is 2.77. The molecule has 0 saturated heterocycles. The summed E-state index contributed by atoms with van der Waals surface area (Å²) in [6.07, 6.45) is 5.86. The van der Waals surface area contributed by atoms with Crippen molar-refractivity contribution in [2.24, 2.45) is 11.7 Å². The second kappa shape index (κ2) is 7.61. The molecule has 0 aromatic carbocycles. The van der Waals surface area contributed by atoms with E-state index in [0.29, 0.717) is 25.7 Å². The molecule has 0 heterocycles. The van der Waals surface area contributed by atoms with E-state index in [-0.39, 0.29) is 16.8 Å². The van der Waals surface area contributed by atoms with E-state index >= 15 is 0 Å². The quantitative estimate of drug-likeness (QED) is 0.535. The first-order chi connectivity index (χ1) is 8.15. The van der Waals surface area contributed by atoms with Crippen molar-refractivity contribution < 1.29 is 9.53 Å². The van der Waals surface area contributed by atoms with E-state index in [0.717, 1.165) is 12.8 Å². The maximum Gasteiger partial charge on any atom is 0.230 e. The van der Waals surface area contributed by atoms with Crippen LogP contribution in [0.5, 0.6) is 0 Å². The number of nitrogens with one attached hydrogen (secondary N) is 1. The molecule has 1 rings (SSSR count). The molecule has 5 heteroatoms. The van der Waals surface area contributed by atoms with E-state index in [4.69, 9.17) is 22.7 Å². The zero-order valence-corrected chi connectivity index (χ0v) is 11.2. The van der Waals surface area contributed by atoms with Crippen LogP contribution in [0.1, 0.15) is 39.0 Å². The first-order valence-electron chi connectivity index (χ1n) is 6.33. The Hall–Kier alpha value is -0.680. The summed E-state index contributed by atoms with van der Waals surface area (Å²) in [6.45, 7) is 3.01. The van der Waals surface area contributed by atoms with Crippen LogP contribution in [0, 0.1) is 5.92 Å². The second-order valence-corrected chi connectivity index (χ2v) is 4.90. The lowest BCUT2D eigenvalue weighted by molar-refractivity contribution is -0.123. The molecule has 98 valence electrons. The van der Waals surface area contributed by atoms with Gasteiger partial charge in [-0.2, -0.15) is 0 Å². The number of nitrogens with two attached hydrogens (primary N) is 1. The van der Waals surface area contributed by atoms with Gasteiger partial charge < -0.3 is 15.8 Å². The van der Waals surface area contributed by atoms with Gasteiger partial charge in [-0.05, 0) is 19.3 Å². The summed E-state index contributed by atoms with van der Waals surface area (Å²) in [4.78, 5) is 11.9. The van der Waals surface area contributed by atoms with Crippen LogP contribution in [0.15, 0.2) is 0 Å². The lowest BCUT2D eigenvalue weighted by Crippen LogP contribution is -2.39. The van der Waals surface area contributed by atoms with Gasteiger partial charge in [0.1, 0.15) is 0 Å². The number of ether oxygens (including phenoxy) is 1. The Kier molecular flexibility index (Phi) is 6.44. The highest BCUT2D eigenvalue weighted by Gasteiger charge is 2.19. The fourth-order valence-electron chi connectivity index (χ4n) is 2.09. The highest BCUT2D eigenvalue weighted by molar-refractivity contribution is 7.80. The van der Waals surface area contributed by atoms with Crippen molar-refractivity contribution in [3.63, 3.8) is 0 Å². The standard InChI is InChI=1S/C12H22N2O2S/c1-2-10(11(13)17)12(15)14-7-8-16-9-5-3-4-6-9/h9-10H,2-8H2,1H3,(H2,13,17)(H,14,15). The minimum absolute atomic E-state index is 0.0879. The van der Waals surface area contributed by atoms with Crippen molar-refractivity contribution in [3.8, 4) is 0 Å². The van der Waals surface area contributed by atoms with Crippen molar-refractivity contribution in [2.75, 3.05) is 13.2 Å². The zero-order valence-electron chi connectivity index (χ0n) is 10.4. The Morgan fingerprint density at radius 2 is 2.18 bits per heavy atom. The van der Waals surface area contributed by atoms with Gasteiger partial charge in [-0.15, -0.1) is 0 Å². The van der Waals surface area contributed by atoms with Crippen molar-refractivity contribution in [2.45, 2.75) is 45.1 Å². The van der Waals surface area contributed by atoms with Crippen LogP contribution in [-0.2, 0) is 9.53 Å². The summed E-state index contributed by atoms with van der Waals surface area (Å²) in [7, 11) is 0. The monoisotopic (exact) mass is 258 g/mol. The van der Waals surface area contributed by atoms with Crippen LogP contribution < -0.4 is 11.1 Å². The zero-order chi connectivity index (χ0) is 12.7. The lowest BCUT2D eigenvalue weighted by atomic mass is 10.1. The first-order valence-corrected chi connectivity index (χ1v) is 6.74. The molecule has 1 aliphatic rings. The summed E-state index contributed by atoms with van der Waals surface area (Å²) in [5.74, 6) is -0.438. The van der Waals surface area contributed by atoms with Crippen molar-refractivity contribution in [1.29, 1.82) is 0 Å². The highest BCUT2D eigenvalue weighted by atomic mass is 32.1. The van der Waals surface area contributed by atoms with Crippen LogP contribution >= 0.6 is 12.2 Å². The topological polar surface area (TPSA) is 64.3 Å². The third-order valence-corrected chi connectivity index (χ3v) is 3.41. The van der Waals surface area contributed by atoms with Crippen LogP contribution in [-0.4, -0.2) is 30.2 Å². The largest absolute Gasteiger partial charge is 0.393 e. The van der Waals surface area contributed by atoms with E-state index in [9.17, 15) is 4.79 Å². The number of hydrogen-bond acceptors (Lipinski definition) is 3. The van der Waals surface area contributed by atoms with Crippen molar-refractivity contribution in [1.82, 2.24) is 5.32 Å². The molecule has 0 aliphatic heterocycles. The average molecular weight is 258 g/mol. The Morgan fingerprint density at radius 3 is 2.71 bits per heavy atom. The second-order valence-electron chi connectivity index (χ2n) is 4.43. The summed E-state index contributed by atoms with van der Waals surface area (Å²) < 4.78 is 5.65. The Morgan fingerprint density at radius 1 is 1.53 bits per heavy atom. The summed E-state index contributed by atoms with van der Waals surface area (Å²) >= 11 is 4.84. The van der Waals surface area contributed by atoms with Gasteiger partial charge in [-0.1, -0.05) is 32.0 Å². The minimum atomic E-state index is -0.350. The van der Waals surface area contributed by atoms with E-state index in [2.05, 4.69) is 5.32 Å². The molecule has 1 saturated carbocycles. The maximum atomic E-state index is 11.7. The molecule has 17 heavy (non-hydrogen) atoms. The van der Waals surface area contributed by atoms with E-state index in [1.165, 1.54) is 12.8 Å². The molecule has 1 fully saturated rings. The first kappa shape index (κ1) is 14.4. The van der Waals surface area contributed by atoms with Crippen LogP contribution in [0.3, 0.4) is 0 Å². The lowest BCUT2D eigenvalue weighted by Gasteiger charge is -2.15. The maximum absolute atomic E-state index is 11.7. The highest BCUT2D eigenvalue weighted by Crippen LogP contribution is 2.20. The van der Waals surface area contributed by atoms with E-state index < -0.39 is 0 Å². The summed E-state index contributed by atoms with van der Waals surface area (Å²) in [5.41, 5.74) is 5.49. The van der Waals surface area contributed by atoms with Gasteiger partial charge in [0.25, 0.3) is 0 Å². The van der Waals surface area contributed by atoms with Gasteiger partial charge in [-0.25, -0.2) is 0 Å². The number of hydrogen-bond donors (Lipinski definition) is 2. The van der Waals surface area contributed by atoms with Crippen LogP contribution in [0.4, 0.5) is 0 Å². The molecule has 4 nitrogen and oxygen atoms in total. The molecule has 3 N–H and O–H groups in total. The van der Waals surface area contributed by atoms with Gasteiger partial charge in [0.2, 0.25) is 5.91 Å². The smallest absolute Gasteiger partial charge is 0.230 e. The van der Waals surface area contributed by atoms with Gasteiger partial charge in [0.05, 0.1) is 23.6 Å². The normalized spacial score (nSPS) is 17.9. The van der Waals surface area contributed by atoms with E-state index in [1.807, 2.05) is 6.92 Å². The molecule has 1 amide bonds. The van der Waals surface area contributed by atoms with Crippen molar-refractivity contribution >= 4 is 23.1 Å².